The van der Waals surface area contributed by atoms with E-state index in [1.54, 1.807) is 13.0 Å². The molecule has 0 aliphatic carbocycles. The van der Waals surface area contributed by atoms with Crippen LogP contribution in [0.15, 0.2) is 24.3 Å². The van der Waals surface area contributed by atoms with E-state index in [2.05, 4.69) is 10.1 Å². The third-order valence-corrected chi connectivity index (χ3v) is 2.10. The zero-order valence-corrected chi connectivity index (χ0v) is 10.6. The van der Waals surface area contributed by atoms with E-state index in [9.17, 15) is 14.0 Å². The molecular formula is C13H16FNO4. The summed E-state index contributed by atoms with van der Waals surface area (Å²) >= 11 is 0. The Morgan fingerprint density at radius 1 is 1.37 bits per heavy atom. The van der Waals surface area contributed by atoms with Gasteiger partial charge in [0.15, 0.2) is 0 Å². The topological polar surface area (TPSA) is 64.6 Å². The van der Waals surface area contributed by atoms with Gasteiger partial charge < -0.3 is 14.8 Å². The number of ether oxygens (including phenoxy) is 2. The number of halogens is 1. The third-order valence-electron chi connectivity index (χ3n) is 2.10. The lowest BCUT2D eigenvalue weighted by Crippen LogP contribution is -2.30. The van der Waals surface area contributed by atoms with Crippen molar-refractivity contribution in [3.8, 4) is 5.75 Å². The minimum absolute atomic E-state index is 0.192. The van der Waals surface area contributed by atoms with Crippen LogP contribution in [0.4, 0.5) is 4.39 Å². The van der Waals surface area contributed by atoms with Crippen LogP contribution in [0, 0.1) is 5.82 Å². The molecule has 0 saturated carbocycles. The normalized spacial score (nSPS) is 9.79. The van der Waals surface area contributed by atoms with Gasteiger partial charge in [-0.25, -0.2) is 4.39 Å². The summed E-state index contributed by atoms with van der Waals surface area (Å²) in [4.78, 5) is 22.3. The van der Waals surface area contributed by atoms with Crippen LogP contribution in [0.1, 0.15) is 13.3 Å². The zero-order valence-electron chi connectivity index (χ0n) is 10.6. The van der Waals surface area contributed by atoms with E-state index in [1.807, 2.05) is 0 Å². The Kier molecular flexibility index (Phi) is 6.35. The monoisotopic (exact) mass is 269 g/mol. The molecule has 1 amide bonds. The van der Waals surface area contributed by atoms with Crippen molar-refractivity contribution in [2.24, 2.45) is 0 Å². The Bertz CT molecular complexity index is 436. The van der Waals surface area contributed by atoms with Crippen molar-refractivity contribution >= 4 is 11.9 Å². The highest BCUT2D eigenvalue weighted by molar-refractivity contribution is 5.94. The highest BCUT2D eigenvalue weighted by atomic mass is 19.1. The predicted octanol–water partition coefficient (Wildman–Crippen LogP) is 1.27. The minimum atomic E-state index is -0.564. The molecule has 1 N–H and O–H groups in total. The summed E-state index contributed by atoms with van der Waals surface area (Å²) in [6.45, 7) is 2.34. The number of esters is 1. The molecule has 0 unspecified atom stereocenters. The molecule has 6 heteroatoms. The smallest absolute Gasteiger partial charge is 0.315 e. The first-order valence-corrected chi connectivity index (χ1v) is 5.92. The van der Waals surface area contributed by atoms with Crippen LogP contribution in [-0.2, 0) is 14.3 Å². The van der Waals surface area contributed by atoms with E-state index in [1.165, 1.54) is 18.2 Å². The maximum absolute atomic E-state index is 12.8. The van der Waals surface area contributed by atoms with Crippen molar-refractivity contribution in [3.05, 3.63) is 30.1 Å². The van der Waals surface area contributed by atoms with Crippen molar-refractivity contribution < 1.29 is 23.5 Å². The Hall–Kier alpha value is -2.11. The van der Waals surface area contributed by atoms with Gasteiger partial charge in [-0.15, -0.1) is 0 Å². The van der Waals surface area contributed by atoms with Gasteiger partial charge in [-0.2, -0.15) is 0 Å². The van der Waals surface area contributed by atoms with Crippen LogP contribution in [0.5, 0.6) is 5.75 Å². The maximum Gasteiger partial charge on any atom is 0.315 e. The number of rotatable bonds is 7. The second kappa shape index (κ2) is 8.07. The molecule has 0 aromatic heterocycles. The molecule has 0 aliphatic rings. The molecule has 104 valence electrons. The van der Waals surface area contributed by atoms with Crippen molar-refractivity contribution in [2.45, 2.75) is 13.3 Å². The second-order valence-electron chi connectivity index (χ2n) is 3.64. The Labute approximate surface area is 110 Å². The van der Waals surface area contributed by atoms with Gasteiger partial charge in [-0.05, 0) is 19.1 Å². The molecule has 19 heavy (non-hydrogen) atoms. The molecular weight excluding hydrogens is 253 g/mol. The summed E-state index contributed by atoms with van der Waals surface area (Å²) in [5.74, 6) is -0.990. The van der Waals surface area contributed by atoms with Gasteiger partial charge in [0, 0.05) is 6.07 Å². The van der Waals surface area contributed by atoms with Gasteiger partial charge in [0.25, 0.3) is 0 Å². The van der Waals surface area contributed by atoms with Crippen LogP contribution in [-0.4, -0.2) is 31.6 Å². The average molecular weight is 269 g/mol. The predicted molar refractivity (Wildman–Crippen MR) is 66.2 cm³/mol. The lowest BCUT2D eigenvalue weighted by molar-refractivity contribution is -0.145. The quantitative estimate of drug-likeness (QED) is 0.460. The third kappa shape index (κ3) is 6.40. The number of carbonyl (C=O) groups is 2. The lowest BCUT2D eigenvalue weighted by Gasteiger charge is -2.07. The summed E-state index contributed by atoms with van der Waals surface area (Å²) in [7, 11) is 0. The molecule has 0 heterocycles. The Morgan fingerprint density at radius 2 is 2.16 bits per heavy atom. The van der Waals surface area contributed by atoms with Crippen molar-refractivity contribution in [2.75, 3.05) is 19.8 Å². The maximum atomic E-state index is 12.8. The lowest BCUT2D eigenvalue weighted by atomic mass is 10.3. The summed E-state index contributed by atoms with van der Waals surface area (Å²) in [6, 6.07) is 5.71. The number of amides is 1. The van der Waals surface area contributed by atoms with Crippen molar-refractivity contribution in [1.82, 2.24) is 5.32 Å². The van der Waals surface area contributed by atoms with E-state index in [0.29, 0.717) is 5.75 Å². The molecule has 1 aromatic rings. The van der Waals surface area contributed by atoms with Gasteiger partial charge in [-0.3, -0.25) is 9.59 Å². The van der Waals surface area contributed by atoms with Crippen LogP contribution in [0.2, 0.25) is 0 Å². The van der Waals surface area contributed by atoms with E-state index in [0.717, 1.165) is 0 Å². The summed E-state index contributed by atoms with van der Waals surface area (Å²) in [5, 5.41) is 2.50. The molecule has 0 saturated heterocycles. The van der Waals surface area contributed by atoms with Crippen LogP contribution in [0.25, 0.3) is 0 Å². The minimum Gasteiger partial charge on any atom is -0.492 e. The molecule has 1 rings (SSSR count). The molecule has 0 spiro atoms. The fraction of sp³-hybridized carbons (Fsp3) is 0.385. The van der Waals surface area contributed by atoms with Gasteiger partial charge in [0.1, 0.15) is 24.6 Å². The largest absolute Gasteiger partial charge is 0.492 e. The Balaban J connectivity index is 2.17. The first-order chi connectivity index (χ1) is 9.11. The van der Waals surface area contributed by atoms with Crippen LogP contribution >= 0.6 is 0 Å². The molecule has 0 fully saturated rings. The van der Waals surface area contributed by atoms with Gasteiger partial charge in [-0.1, -0.05) is 6.07 Å². The molecule has 0 bridgehead atoms. The van der Waals surface area contributed by atoms with Crippen LogP contribution < -0.4 is 10.1 Å². The highest BCUT2D eigenvalue weighted by Gasteiger charge is 2.09. The number of nitrogens with one attached hydrogen (secondary N) is 1. The summed E-state index contributed by atoms with van der Waals surface area (Å²) in [5.41, 5.74) is 0. The standard InChI is InChI=1S/C13H16FNO4/c1-2-18-13(17)9-12(16)15-6-7-19-11-5-3-4-10(14)8-11/h3-5,8H,2,6-7,9H2,1H3,(H,15,16). The average Bonchev–Trinajstić information content (AvgIpc) is 2.35. The van der Waals surface area contributed by atoms with Crippen molar-refractivity contribution in [3.63, 3.8) is 0 Å². The second-order valence-corrected chi connectivity index (χ2v) is 3.64. The zero-order chi connectivity index (χ0) is 14.1. The number of carbonyl (C=O) groups excluding carboxylic acids is 2. The van der Waals surface area contributed by atoms with E-state index < -0.39 is 11.9 Å². The number of hydrogen-bond donors (Lipinski definition) is 1. The molecule has 1 aromatic carbocycles. The van der Waals surface area contributed by atoms with E-state index in [4.69, 9.17) is 4.74 Å². The fourth-order valence-electron chi connectivity index (χ4n) is 1.32. The van der Waals surface area contributed by atoms with E-state index >= 15 is 0 Å². The summed E-state index contributed by atoms with van der Waals surface area (Å²) < 4.78 is 22.7. The molecule has 0 atom stereocenters. The number of benzene rings is 1. The van der Waals surface area contributed by atoms with Gasteiger partial charge in [0.05, 0.1) is 13.2 Å². The molecule has 5 nitrogen and oxygen atoms in total. The van der Waals surface area contributed by atoms with E-state index in [-0.39, 0.29) is 32.0 Å². The number of hydrogen-bond acceptors (Lipinski definition) is 4. The Morgan fingerprint density at radius 3 is 2.84 bits per heavy atom. The summed E-state index contributed by atoms with van der Waals surface area (Å²) in [6.07, 6.45) is -0.312. The first kappa shape index (κ1) is 14.9. The van der Waals surface area contributed by atoms with Crippen LogP contribution in [0.3, 0.4) is 0 Å². The van der Waals surface area contributed by atoms with Crippen molar-refractivity contribution in [1.29, 1.82) is 0 Å². The SMILES string of the molecule is CCOC(=O)CC(=O)NCCOc1cccc(F)c1. The fourth-order valence-corrected chi connectivity index (χ4v) is 1.32. The first-order valence-electron chi connectivity index (χ1n) is 5.92. The van der Waals surface area contributed by atoms with Gasteiger partial charge in [0.2, 0.25) is 5.91 Å². The highest BCUT2D eigenvalue weighted by Crippen LogP contribution is 2.11. The van der Waals surface area contributed by atoms with Gasteiger partial charge >= 0.3 is 5.97 Å². The molecule has 0 radical (unpaired) electrons. The molecule has 0 aliphatic heterocycles.